The van der Waals surface area contributed by atoms with Gasteiger partial charge in [-0.3, -0.25) is 9.59 Å². The second-order valence-electron chi connectivity index (χ2n) is 4.85. The summed E-state index contributed by atoms with van der Waals surface area (Å²) in [6, 6.07) is 10.4. The van der Waals surface area contributed by atoms with E-state index < -0.39 is 17.9 Å². The van der Waals surface area contributed by atoms with Gasteiger partial charge in [-0.2, -0.15) is 0 Å². The molecule has 1 heterocycles. The number of carbonyl (C=O) groups is 2. The van der Waals surface area contributed by atoms with Crippen molar-refractivity contribution in [2.24, 2.45) is 0 Å². The summed E-state index contributed by atoms with van der Waals surface area (Å²) in [6.45, 7) is 0.321. The standard InChI is InChI=1S/C16H17ClN2O4/c17-12-5-2-1-4-11(12)10-19-16(22)15(21)18-8-7-13(20)14-6-3-9-23-14/h1-6,9,13,20H,7-8,10H2,(H,18,21)(H,19,22). The molecular formula is C16H17ClN2O4. The first-order valence-corrected chi connectivity index (χ1v) is 7.46. The number of carbonyl (C=O) groups excluding carboxylic acids is 2. The maximum absolute atomic E-state index is 11.7. The summed E-state index contributed by atoms with van der Waals surface area (Å²) in [5.41, 5.74) is 0.726. The number of halogens is 1. The minimum absolute atomic E-state index is 0.153. The lowest BCUT2D eigenvalue weighted by molar-refractivity contribution is -0.139. The predicted octanol–water partition coefficient (Wildman–Crippen LogP) is 1.79. The van der Waals surface area contributed by atoms with E-state index in [4.69, 9.17) is 16.0 Å². The molecule has 0 radical (unpaired) electrons. The second-order valence-corrected chi connectivity index (χ2v) is 5.26. The Balaban J connectivity index is 1.71. The third kappa shape index (κ3) is 5.12. The van der Waals surface area contributed by atoms with E-state index in [0.29, 0.717) is 10.8 Å². The third-order valence-electron chi connectivity index (χ3n) is 3.18. The van der Waals surface area contributed by atoms with E-state index in [1.54, 1.807) is 36.4 Å². The summed E-state index contributed by atoms with van der Waals surface area (Å²) in [7, 11) is 0. The molecule has 1 aromatic carbocycles. The van der Waals surface area contributed by atoms with E-state index in [1.165, 1.54) is 6.26 Å². The molecule has 2 amide bonds. The van der Waals surface area contributed by atoms with Crippen molar-refractivity contribution in [2.45, 2.75) is 19.1 Å². The molecule has 0 saturated carbocycles. The van der Waals surface area contributed by atoms with Crippen molar-refractivity contribution in [3.63, 3.8) is 0 Å². The van der Waals surface area contributed by atoms with Crippen molar-refractivity contribution in [1.29, 1.82) is 0 Å². The smallest absolute Gasteiger partial charge is 0.309 e. The Labute approximate surface area is 138 Å². The minimum Gasteiger partial charge on any atom is -0.467 e. The first-order chi connectivity index (χ1) is 11.1. The Kier molecular flexibility index (Phi) is 6.19. The fraction of sp³-hybridized carbons (Fsp3) is 0.250. The average Bonchev–Trinajstić information content (AvgIpc) is 3.08. The summed E-state index contributed by atoms with van der Waals surface area (Å²) in [5, 5.41) is 15.2. The highest BCUT2D eigenvalue weighted by Crippen LogP contribution is 2.16. The molecule has 0 aliphatic rings. The molecule has 0 aliphatic heterocycles. The van der Waals surface area contributed by atoms with Crippen LogP contribution in [-0.4, -0.2) is 23.5 Å². The van der Waals surface area contributed by atoms with E-state index in [-0.39, 0.29) is 19.5 Å². The Hall–Kier alpha value is -2.31. The zero-order chi connectivity index (χ0) is 16.7. The molecule has 2 aromatic rings. The predicted molar refractivity (Wildman–Crippen MR) is 84.6 cm³/mol. The lowest BCUT2D eigenvalue weighted by atomic mass is 10.2. The molecule has 0 fully saturated rings. The molecule has 122 valence electrons. The number of hydrogen-bond donors (Lipinski definition) is 3. The monoisotopic (exact) mass is 336 g/mol. The number of aliphatic hydroxyl groups is 1. The molecule has 6 nitrogen and oxygen atoms in total. The molecule has 0 saturated heterocycles. The largest absolute Gasteiger partial charge is 0.467 e. The van der Waals surface area contributed by atoms with Crippen LogP contribution >= 0.6 is 11.6 Å². The van der Waals surface area contributed by atoms with Gasteiger partial charge in [0.15, 0.2) is 0 Å². The normalized spacial score (nSPS) is 11.7. The van der Waals surface area contributed by atoms with Crippen LogP contribution in [0, 0.1) is 0 Å². The molecule has 1 unspecified atom stereocenters. The third-order valence-corrected chi connectivity index (χ3v) is 3.55. The van der Waals surface area contributed by atoms with Crippen molar-refractivity contribution < 1.29 is 19.1 Å². The van der Waals surface area contributed by atoms with Gasteiger partial charge in [0, 0.05) is 18.1 Å². The lowest BCUT2D eigenvalue weighted by Gasteiger charge is -2.09. The maximum atomic E-state index is 11.7. The summed E-state index contributed by atoms with van der Waals surface area (Å²) >= 11 is 5.97. The topological polar surface area (TPSA) is 91.6 Å². The van der Waals surface area contributed by atoms with E-state index in [2.05, 4.69) is 10.6 Å². The van der Waals surface area contributed by atoms with Crippen LogP contribution in [0.3, 0.4) is 0 Å². The molecule has 23 heavy (non-hydrogen) atoms. The molecule has 3 N–H and O–H groups in total. The highest BCUT2D eigenvalue weighted by Gasteiger charge is 2.15. The SMILES string of the molecule is O=C(NCCC(O)c1ccco1)C(=O)NCc1ccccc1Cl. The van der Waals surface area contributed by atoms with Gasteiger partial charge in [-0.15, -0.1) is 0 Å². The molecule has 7 heteroatoms. The van der Waals surface area contributed by atoms with E-state index in [9.17, 15) is 14.7 Å². The number of amides is 2. The van der Waals surface area contributed by atoms with Gasteiger partial charge in [-0.1, -0.05) is 29.8 Å². The van der Waals surface area contributed by atoms with Gasteiger partial charge in [0.25, 0.3) is 0 Å². The van der Waals surface area contributed by atoms with Crippen LogP contribution in [-0.2, 0) is 16.1 Å². The molecule has 0 aliphatic carbocycles. The molecule has 0 spiro atoms. The second kappa shape index (κ2) is 8.36. The molecule has 2 rings (SSSR count). The van der Waals surface area contributed by atoms with Crippen LogP contribution < -0.4 is 10.6 Å². The van der Waals surface area contributed by atoms with E-state index in [0.717, 1.165) is 5.56 Å². The van der Waals surface area contributed by atoms with Crippen molar-refractivity contribution in [2.75, 3.05) is 6.54 Å². The van der Waals surface area contributed by atoms with E-state index in [1.807, 2.05) is 0 Å². The number of furan rings is 1. The fourth-order valence-corrected chi connectivity index (χ4v) is 2.13. The summed E-state index contributed by atoms with van der Waals surface area (Å²) in [4.78, 5) is 23.3. The molecule has 1 atom stereocenters. The summed E-state index contributed by atoms with van der Waals surface area (Å²) < 4.78 is 5.04. The van der Waals surface area contributed by atoms with Crippen molar-refractivity contribution in [1.82, 2.24) is 10.6 Å². The van der Waals surface area contributed by atoms with Crippen LogP contribution in [0.15, 0.2) is 47.1 Å². The van der Waals surface area contributed by atoms with Gasteiger partial charge in [0.1, 0.15) is 11.9 Å². The molecule has 1 aromatic heterocycles. The Morgan fingerprint density at radius 3 is 2.57 bits per heavy atom. The minimum atomic E-state index is -0.823. The highest BCUT2D eigenvalue weighted by molar-refractivity contribution is 6.35. The maximum Gasteiger partial charge on any atom is 0.309 e. The first kappa shape index (κ1) is 17.1. The summed E-state index contributed by atoms with van der Waals surface area (Å²) in [6.07, 6.45) is 0.882. The van der Waals surface area contributed by atoms with Crippen molar-refractivity contribution >= 4 is 23.4 Å². The van der Waals surface area contributed by atoms with Gasteiger partial charge in [0.2, 0.25) is 0 Å². The number of benzene rings is 1. The quantitative estimate of drug-likeness (QED) is 0.701. The number of rotatable bonds is 6. The Morgan fingerprint density at radius 1 is 1.13 bits per heavy atom. The average molecular weight is 337 g/mol. The van der Waals surface area contributed by atoms with Crippen LogP contribution in [0.25, 0.3) is 0 Å². The van der Waals surface area contributed by atoms with Gasteiger partial charge in [-0.05, 0) is 30.2 Å². The van der Waals surface area contributed by atoms with Gasteiger partial charge >= 0.3 is 11.8 Å². The summed E-state index contributed by atoms with van der Waals surface area (Å²) in [5.74, 6) is -1.09. The van der Waals surface area contributed by atoms with Crippen LogP contribution in [0.1, 0.15) is 23.8 Å². The van der Waals surface area contributed by atoms with Crippen molar-refractivity contribution in [3.8, 4) is 0 Å². The van der Waals surface area contributed by atoms with Crippen LogP contribution in [0.4, 0.5) is 0 Å². The highest BCUT2D eigenvalue weighted by atomic mass is 35.5. The zero-order valence-corrected chi connectivity index (χ0v) is 13.0. The molecule has 0 bridgehead atoms. The zero-order valence-electron chi connectivity index (χ0n) is 12.3. The van der Waals surface area contributed by atoms with Gasteiger partial charge < -0.3 is 20.2 Å². The van der Waals surface area contributed by atoms with Crippen molar-refractivity contribution in [3.05, 3.63) is 59.0 Å². The fourth-order valence-electron chi connectivity index (χ4n) is 1.92. The lowest BCUT2D eigenvalue weighted by Crippen LogP contribution is -2.40. The number of aliphatic hydroxyl groups excluding tert-OH is 1. The molecular weight excluding hydrogens is 320 g/mol. The van der Waals surface area contributed by atoms with E-state index >= 15 is 0 Å². The van der Waals surface area contributed by atoms with Gasteiger partial charge in [0.05, 0.1) is 6.26 Å². The number of nitrogens with one attached hydrogen (secondary N) is 2. The number of hydrogen-bond acceptors (Lipinski definition) is 4. The first-order valence-electron chi connectivity index (χ1n) is 7.09. The Morgan fingerprint density at radius 2 is 1.87 bits per heavy atom. The van der Waals surface area contributed by atoms with Crippen LogP contribution in [0.5, 0.6) is 0 Å². The Bertz CT molecular complexity index is 658. The van der Waals surface area contributed by atoms with Crippen LogP contribution in [0.2, 0.25) is 5.02 Å². The van der Waals surface area contributed by atoms with Gasteiger partial charge in [-0.25, -0.2) is 0 Å².